The number of fused-ring (bicyclic) bond motifs is 1. The van der Waals surface area contributed by atoms with Crippen LogP contribution in [-0.2, 0) is 6.54 Å². The molecule has 0 saturated heterocycles. The average Bonchev–Trinajstić information content (AvgIpc) is 2.25. The number of halogens is 1. The summed E-state index contributed by atoms with van der Waals surface area (Å²) in [4.78, 5) is 8.48. The first kappa shape index (κ1) is 13.3. The zero-order valence-corrected chi connectivity index (χ0v) is 10.4. The molecule has 0 bridgehead atoms. The molecule has 5 heteroatoms. The Bertz CT molecular complexity index is 547. The van der Waals surface area contributed by atoms with Crippen LogP contribution in [0.2, 0.25) is 0 Å². The molecule has 0 fully saturated rings. The van der Waals surface area contributed by atoms with Gasteiger partial charge < -0.3 is 11.5 Å². The fourth-order valence-corrected chi connectivity index (χ4v) is 1.70. The Morgan fingerprint density at radius 1 is 1.29 bits per heavy atom. The summed E-state index contributed by atoms with van der Waals surface area (Å²) in [5.74, 6) is 0.110. The number of aliphatic imine (C=N–C) groups is 1. The van der Waals surface area contributed by atoms with E-state index >= 15 is 0 Å². The van der Waals surface area contributed by atoms with Gasteiger partial charge in [-0.3, -0.25) is 4.98 Å². The highest BCUT2D eigenvalue weighted by Gasteiger charge is 2.02. The molecule has 2 aromatic rings. The number of pyridine rings is 1. The van der Waals surface area contributed by atoms with Gasteiger partial charge in [0.05, 0.1) is 12.1 Å². The lowest BCUT2D eigenvalue weighted by Crippen LogP contribution is -2.22. The van der Waals surface area contributed by atoms with Crippen molar-refractivity contribution in [3.63, 3.8) is 0 Å². The Labute approximate surface area is 106 Å². The largest absolute Gasteiger partial charge is 0.370 e. The molecule has 17 heavy (non-hydrogen) atoms. The molecule has 4 nitrogen and oxygen atoms in total. The first-order chi connectivity index (χ1) is 7.66. The van der Waals surface area contributed by atoms with E-state index in [4.69, 9.17) is 11.5 Å². The second-order valence-corrected chi connectivity index (χ2v) is 3.68. The van der Waals surface area contributed by atoms with Gasteiger partial charge >= 0.3 is 0 Å². The molecule has 1 aromatic heterocycles. The number of nitrogens with two attached hydrogens (primary N) is 2. The first-order valence-corrected chi connectivity index (χ1v) is 5.07. The minimum absolute atomic E-state index is 0. The molecular formula is C12H15ClN4. The van der Waals surface area contributed by atoms with Gasteiger partial charge in [0.1, 0.15) is 0 Å². The monoisotopic (exact) mass is 250 g/mol. The van der Waals surface area contributed by atoms with Crippen LogP contribution in [0.25, 0.3) is 10.9 Å². The van der Waals surface area contributed by atoms with Gasteiger partial charge in [-0.15, -0.1) is 12.4 Å². The second kappa shape index (κ2) is 5.50. The predicted octanol–water partition coefficient (Wildman–Crippen LogP) is 1.74. The fraction of sp³-hybridized carbons (Fsp3) is 0.167. The number of hydrogen-bond donors (Lipinski definition) is 2. The maximum absolute atomic E-state index is 5.33. The highest BCUT2D eigenvalue weighted by Crippen LogP contribution is 2.18. The molecule has 1 aromatic carbocycles. The minimum Gasteiger partial charge on any atom is -0.370 e. The molecule has 0 aliphatic carbocycles. The molecule has 0 aliphatic heterocycles. The summed E-state index contributed by atoms with van der Waals surface area (Å²) < 4.78 is 0. The van der Waals surface area contributed by atoms with Gasteiger partial charge in [-0.2, -0.15) is 0 Å². The average molecular weight is 251 g/mol. The van der Waals surface area contributed by atoms with Gasteiger partial charge in [-0.1, -0.05) is 18.2 Å². The van der Waals surface area contributed by atoms with Crippen molar-refractivity contribution >= 4 is 29.3 Å². The van der Waals surface area contributed by atoms with Crippen LogP contribution in [-0.4, -0.2) is 10.9 Å². The van der Waals surface area contributed by atoms with Crippen LogP contribution in [0.1, 0.15) is 11.3 Å². The van der Waals surface area contributed by atoms with Crippen LogP contribution >= 0.6 is 12.4 Å². The van der Waals surface area contributed by atoms with Crippen molar-refractivity contribution in [2.75, 3.05) is 0 Å². The van der Waals surface area contributed by atoms with Crippen LogP contribution in [0.3, 0.4) is 0 Å². The Balaban J connectivity index is 0.00000144. The van der Waals surface area contributed by atoms with Crippen molar-refractivity contribution in [2.45, 2.75) is 13.5 Å². The third-order valence-electron chi connectivity index (χ3n) is 2.36. The van der Waals surface area contributed by atoms with Gasteiger partial charge in [0, 0.05) is 11.1 Å². The summed E-state index contributed by atoms with van der Waals surface area (Å²) in [5.41, 5.74) is 13.7. The summed E-state index contributed by atoms with van der Waals surface area (Å²) in [6.07, 6.45) is 0. The standard InChI is InChI=1S/C12H14N4.ClH/c1-8-6-9(7-15-12(13)14)10-4-2-3-5-11(10)16-8;/h2-6H,7H2,1H3,(H4,13,14,15);1H. The molecule has 4 N–H and O–H groups in total. The smallest absolute Gasteiger partial charge is 0.186 e. The Morgan fingerprint density at radius 3 is 2.71 bits per heavy atom. The highest BCUT2D eigenvalue weighted by atomic mass is 35.5. The van der Waals surface area contributed by atoms with Gasteiger partial charge in [-0.05, 0) is 24.6 Å². The SMILES string of the molecule is Cc1cc(CN=C(N)N)c2ccccc2n1.Cl. The zero-order chi connectivity index (χ0) is 11.5. The van der Waals surface area contributed by atoms with Gasteiger partial charge in [0.25, 0.3) is 0 Å². The number of nitrogens with zero attached hydrogens (tertiary/aromatic N) is 2. The van der Waals surface area contributed by atoms with E-state index in [2.05, 4.69) is 9.98 Å². The number of aromatic nitrogens is 1. The molecule has 0 saturated carbocycles. The van der Waals surface area contributed by atoms with Crippen LogP contribution in [0, 0.1) is 6.92 Å². The number of aryl methyl sites for hydroxylation is 1. The Hall–Kier alpha value is -1.81. The van der Waals surface area contributed by atoms with Crippen molar-refractivity contribution < 1.29 is 0 Å². The summed E-state index contributed by atoms with van der Waals surface area (Å²) in [6.45, 7) is 2.46. The number of guanidine groups is 1. The maximum atomic E-state index is 5.33. The van der Waals surface area contributed by atoms with Crippen LogP contribution < -0.4 is 11.5 Å². The molecule has 0 aliphatic rings. The molecular weight excluding hydrogens is 236 g/mol. The summed E-state index contributed by atoms with van der Waals surface area (Å²) in [7, 11) is 0. The lowest BCUT2D eigenvalue weighted by atomic mass is 10.1. The van der Waals surface area contributed by atoms with Crippen LogP contribution in [0.5, 0.6) is 0 Å². The van der Waals surface area contributed by atoms with E-state index in [1.807, 2.05) is 37.3 Å². The van der Waals surface area contributed by atoms with Crippen molar-refractivity contribution in [2.24, 2.45) is 16.5 Å². The van der Waals surface area contributed by atoms with Crippen molar-refractivity contribution in [3.05, 3.63) is 41.6 Å². The van der Waals surface area contributed by atoms with Gasteiger partial charge in [0.15, 0.2) is 5.96 Å². The van der Waals surface area contributed by atoms with E-state index in [1.54, 1.807) is 0 Å². The molecule has 0 spiro atoms. The van der Waals surface area contributed by atoms with Crippen LogP contribution in [0.15, 0.2) is 35.3 Å². The number of para-hydroxylation sites is 1. The van der Waals surface area contributed by atoms with E-state index in [-0.39, 0.29) is 18.4 Å². The van der Waals surface area contributed by atoms with Crippen molar-refractivity contribution in [3.8, 4) is 0 Å². The lowest BCUT2D eigenvalue weighted by Gasteiger charge is -2.05. The molecule has 90 valence electrons. The Morgan fingerprint density at radius 2 is 2.00 bits per heavy atom. The van der Waals surface area contributed by atoms with Crippen LogP contribution in [0.4, 0.5) is 0 Å². The summed E-state index contributed by atoms with van der Waals surface area (Å²) in [5, 5.41) is 1.10. The van der Waals surface area contributed by atoms with Crippen molar-refractivity contribution in [1.29, 1.82) is 0 Å². The predicted molar refractivity (Wildman–Crippen MR) is 73.2 cm³/mol. The van der Waals surface area contributed by atoms with E-state index in [1.165, 1.54) is 0 Å². The zero-order valence-electron chi connectivity index (χ0n) is 9.55. The molecule has 0 amide bonds. The van der Waals surface area contributed by atoms with Crippen molar-refractivity contribution in [1.82, 2.24) is 4.98 Å². The quantitative estimate of drug-likeness (QED) is 0.630. The number of hydrogen-bond acceptors (Lipinski definition) is 2. The highest BCUT2D eigenvalue weighted by molar-refractivity contribution is 5.85. The normalized spacial score (nSPS) is 9.71. The second-order valence-electron chi connectivity index (χ2n) is 3.68. The molecule has 0 atom stereocenters. The molecule has 0 radical (unpaired) electrons. The molecule has 0 unspecified atom stereocenters. The number of benzene rings is 1. The van der Waals surface area contributed by atoms with E-state index < -0.39 is 0 Å². The summed E-state index contributed by atoms with van der Waals surface area (Å²) in [6, 6.07) is 9.98. The van der Waals surface area contributed by atoms with E-state index in [9.17, 15) is 0 Å². The third-order valence-corrected chi connectivity index (χ3v) is 2.36. The van der Waals surface area contributed by atoms with Gasteiger partial charge in [-0.25, -0.2) is 4.99 Å². The lowest BCUT2D eigenvalue weighted by molar-refractivity contribution is 1.05. The fourth-order valence-electron chi connectivity index (χ4n) is 1.70. The number of rotatable bonds is 2. The molecule has 1 heterocycles. The summed E-state index contributed by atoms with van der Waals surface area (Å²) >= 11 is 0. The molecule has 2 rings (SSSR count). The van der Waals surface area contributed by atoms with E-state index in [0.29, 0.717) is 6.54 Å². The Kier molecular flexibility index (Phi) is 4.29. The maximum Gasteiger partial charge on any atom is 0.186 e. The topological polar surface area (TPSA) is 77.3 Å². The van der Waals surface area contributed by atoms with Gasteiger partial charge in [0.2, 0.25) is 0 Å². The minimum atomic E-state index is 0. The first-order valence-electron chi connectivity index (χ1n) is 5.07. The van der Waals surface area contributed by atoms with E-state index in [0.717, 1.165) is 22.2 Å². The third kappa shape index (κ3) is 3.07.